The van der Waals surface area contributed by atoms with E-state index in [9.17, 15) is 0 Å². The van der Waals surface area contributed by atoms with Gasteiger partial charge < -0.3 is 10.6 Å². The number of pyridine rings is 3. The second-order valence-corrected chi connectivity index (χ2v) is 9.05. The van der Waals surface area contributed by atoms with E-state index in [1.165, 1.54) is 25.7 Å². The van der Waals surface area contributed by atoms with Gasteiger partial charge in [0.05, 0.1) is 34.8 Å². The molecule has 0 bridgehead atoms. The van der Waals surface area contributed by atoms with Crippen LogP contribution in [0.3, 0.4) is 0 Å². The molecule has 1 aliphatic carbocycles. The Morgan fingerprint density at radius 1 is 0.875 bits per heavy atom. The summed E-state index contributed by atoms with van der Waals surface area (Å²) in [5.74, 6) is 1.30. The standard InChI is InChI=1S/C24H21N7S/c1-2-6-15(5-1)23-30-31-24(32-23)29-22-10-9-19-20(28-22)11-17(13-26-19)27-21-14-25-12-16-7-3-4-8-18(16)21/h3-4,7-15,27H,1-2,5-6H2,(H,28,29,31). The lowest BCUT2D eigenvalue weighted by Gasteiger charge is -2.10. The molecule has 0 spiro atoms. The summed E-state index contributed by atoms with van der Waals surface area (Å²) >= 11 is 1.63. The van der Waals surface area contributed by atoms with Crippen LogP contribution in [0.2, 0.25) is 0 Å². The van der Waals surface area contributed by atoms with Crippen LogP contribution in [0.4, 0.5) is 22.3 Å². The Balaban J connectivity index is 1.26. The first-order valence-corrected chi connectivity index (χ1v) is 11.6. The van der Waals surface area contributed by atoms with Gasteiger partial charge in [-0.05, 0) is 31.0 Å². The third-order valence-corrected chi connectivity index (χ3v) is 6.87. The summed E-state index contributed by atoms with van der Waals surface area (Å²) < 4.78 is 0. The van der Waals surface area contributed by atoms with E-state index < -0.39 is 0 Å². The molecule has 1 fully saturated rings. The highest BCUT2D eigenvalue weighted by Gasteiger charge is 2.21. The minimum Gasteiger partial charge on any atom is -0.352 e. The fourth-order valence-electron chi connectivity index (χ4n) is 4.25. The van der Waals surface area contributed by atoms with E-state index in [0.717, 1.165) is 49.1 Å². The van der Waals surface area contributed by atoms with Gasteiger partial charge in [0, 0.05) is 22.9 Å². The van der Waals surface area contributed by atoms with Crippen LogP contribution in [0.5, 0.6) is 0 Å². The van der Waals surface area contributed by atoms with Crippen LogP contribution in [0.25, 0.3) is 21.8 Å². The van der Waals surface area contributed by atoms with Crippen LogP contribution < -0.4 is 10.6 Å². The van der Waals surface area contributed by atoms with Crippen LogP contribution >= 0.6 is 11.3 Å². The highest BCUT2D eigenvalue weighted by molar-refractivity contribution is 7.15. The monoisotopic (exact) mass is 439 g/mol. The number of nitrogens with one attached hydrogen (secondary N) is 2. The van der Waals surface area contributed by atoms with Gasteiger partial charge in [0.1, 0.15) is 10.8 Å². The molecule has 32 heavy (non-hydrogen) atoms. The summed E-state index contributed by atoms with van der Waals surface area (Å²) in [6.45, 7) is 0. The van der Waals surface area contributed by atoms with Crippen molar-refractivity contribution in [3.63, 3.8) is 0 Å². The molecule has 0 saturated heterocycles. The van der Waals surface area contributed by atoms with Crippen LogP contribution in [0.1, 0.15) is 36.6 Å². The molecule has 0 aliphatic heterocycles. The second-order valence-electron chi connectivity index (χ2n) is 8.04. The van der Waals surface area contributed by atoms with Gasteiger partial charge in [0.15, 0.2) is 0 Å². The lowest BCUT2D eigenvalue weighted by molar-refractivity contribution is 0.705. The summed E-state index contributed by atoms with van der Waals surface area (Å²) in [7, 11) is 0. The highest BCUT2D eigenvalue weighted by Crippen LogP contribution is 2.37. The summed E-state index contributed by atoms with van der Waals surface area (Å²) in [4.78, 5) is 13.7. The lowest BCUT2D eigenvalue weighted by Crippen LogP contribution is -1.96. The maximum absolute atomic E-state index is 4.75. The van der Waals surface area contributed by atoms with Crippen molar-refractivity contribution in [1.82, 2.24) is 25.1 Å². The van der Waals surface area contributed by atoms with E-state index in [1.54, 1.807) is 11.3 Å². The number of hydrogen-bond donors (Lipinski definition) is 2. The molecule has 1 aliphatic rings. The van der Waals surface area contributed by atoms with E-state index in [4.69, 9.17) is 4.98 Å². The number of rotatable bonds is 5. The van der Waals surface area contributed by atoms with Gasteiger partial charge in [-0.25, -0.2) is 4.98 Å². The fraction of sp³-hybridized carbons (Fsp3) is 0.208. The molecule has 5 aromatic rings. The van der Waals surface area contributed by atoms with Crippen LogP contribution in [0.15, 0.2) is 61.1 Å². The van der Waals surface area contributed by atoms with Crippen molar-refractivity contribution in [3.8, 4) is 0 Å². The van der Waals surface area contributed by atoms with Gasteiger partial charge in [0.2, 0.25) is 5.13 Å². The maximum Gasteiger partial charge on any atom is 0.211 e. The molecule has 8 heteroatoms. The zero-order chi connectivity index (χ0) is 21.3. The molecule has 0 amide bonds. The van der Waals surface area contributed by atoms with Gasteiger partial charge >= 0.3 is 0 Å². The molecule has 0 unspecified atom stereocenters. The molecule has 158 valence electrons. The average Bonchev–Trinajstić information content (AvgIpc) is 3.51. The quantitative estimate of drug-likeness (QED) is 0.338. The maximum atomic E-state index is 4.75. The van der Waals surface area contributed by atoms with Crippen LogP contribution in [-0.4, -0.2) is 25.1 Å². The molecule has 1 saturated carbocycles. The van der Waals surface area contributed by atoms with E-state index in [1.807, 2.05) is 48.9 Å². The number of hydrogen-bond acceptors (Lipinski definition) is 8. The summed E-state index contributed by atoms with van der Waals surface area (Å²) in [5, 5.41) is 19.6. The molecule has 7 nitrogen and oxygen atoms in total. The number of nitrogens with zero attached hydrogens (tertiary/aromatic N) is 5. The largest absolute Gasteiger partial charge is 0.352 e. The second kappa shape index (κ2) is 8.12. The Bertz CT molecular complexity index is 1400. The molecular weight excluding hydrogens is 418 g/mol. The first kappa shape index (κ1) is 19.1. The molecule has 2 N–H and O–H groups in total. The zero-order valence-corrected chi connectivity index (χ0v) is 18.1. The molecule has 0 atom stereocenters. The van der Waals surface area contributed by atoms with Gasteiger partial charge in [-0.1, -0.05) is 48.4 Å². The van der Waals surface area contributed by atoms with Gasteiger partial charge in [-0.2, -0.15) is 0 Å². The Labute approximate surface area is 189 Å². The molecule has 6 rings (SSSR count). The molecule has 4 aromatic heterocycles. The van der Waals surface area contributed by atoms with E-state index in [0.29, 0.717) is 5.92 Å². The topological polar surface area (TPSA) is 88.5 Å². The predicted octanol–water partition coefficient (Wildman–Crippen LogP) is 6.17. The average molecular weight is 440 g/mol. The third-order valence-electron chi connectivity index (χ3n) is 5.86. The first-order chi connectivity index (χ1) is 15.8. The van der Waals surface area contributed by atoms with Gasteiger partial charge in [-0.15, -0.1) is 10.2 Å². The number of anilines is 4. The predicted molar refractivity (Wildman–Crippen MR) is 129 cm³/mol. The Hall–Kier alpha value is -3.65. The minimum atomic E-state index is 0.564. The smallest absolute Gasteiger partial charge is 0.211 e. The van der Waals surface area contributed by atoms with Crippen molar-refractivity contribution in [2.24, 2.45) is 0 Å². The first-order valence-electron chi connectivity index (χ1n) is 10.8. The fourth-order valence-corrected chi connectivity index (χ4v) is 5.17. The zero-order valence-electron chi connectivity index (χ0n) is 17.3. The van der Waals surface area contributed by atoms with E-state index in [-0.39, 0.29) is 0 Å². The molecule has 0 radical (unpaired) electrons. The van der Waals surface area contributed by atoms with Crippen LogP contribution in [0, 0.1) is 0 Å². The van der Waals surface area contributed by atoms with Crippen molar-refractivity contribution in [3.05, 3.63) is 66.1 Å². The van der Waals surface area contributed by atoms with Crippen molar-refractivity contribution in [2.45, 2.75) is 31.6 Å². The van der Waals surface area contributed by atoms with E-state index >= 15 is 0 Å². The Morgan fingerprint density at radius 3 is 2.72 bits per heavy atom. The Kier molecular flexibility index (Phi) is 4.84. The van der Waals surface area contributed by atoms with Gasteiger partial charge in [-0.3, -0.25) is 9.97 Å². The highest BCUT2D eigenvalue weighted by atomic mass is 32.1. The minimum absolute atomic E-state index is 0.564. The normalized spacial score (nSPS) is 14.2. The van der Waals surface area contributed by atoms with Crippen LogP contribution in [-0.2, 0) is 0 Å². The molecule has 1 aromatic carbocycles. The van der Waals surface area contributed by atoms with Crippen molar-refractivity contribution in [2.75, 3.05) is 10.6 Å². The SMILES string of the molecule is c1ccc2c(Nc3cnc4ccc(Nc5nnc(C6CCCC6)s5)nc4c3)cncc2c1. The van der Waals surface area contributed by atoms with Crippen molar-refractivity contribution in [1.29, 1.82) is 0 Å². The van der Waals surface area contributed by atoms with E-state index in [2.05, 4.69) is 42.9 Å². The number of fused-ring (bicyclic) bond motifs is 2. The van der Waals surface area contributed by atoms with Gasteiger partial charge in [0.25, 0.3) is 0 Å². The van der Waals surface area contributed by atoms with Crippen molar-refractivity contribution < 1.29 is 0 Å². The third kappa shape index (κ3) is 3.73. The summed E-state index contributed by atoms with van der Waals surface area (Å²) in [6, 6.07) is 14.1. The number of aromatic nitrogens is 5. The summed E-state index contributed by atoms with van der Waals surface area (Å²) in [5.41, 5.74) is 3.43. The Morgan fingerprint density at radius 2 is 1.78 bits per heavy atom. The number of benzene rings is 1. The molecular formula is C24H21N7S. The summed E-state index contributed by atoms with van der Waals surface area (Å²) in [6.07, 6.45) is 10.5. The molecule has 4 heterocycles. The lowest BCUT2D eigenvalue weighted by atomic mass is 10.1. The van der Waals surface area contributed by atoms with Crippen molar-refractivity contribution >= 4 is 55.5 Å².